The Morgan fingerprint density at radius 3 is 2.00 bits per heavy atom. The molecule has 0 fully saturated rings. The number of carbonyl (C=O) groups excluding carboxylic acids is 2. The minimum absolute atomic E-state index is 0.0112. The second-order valence-electron chi connectivity index (χ2n) is 9.44. The van der Waals surface area contributed by atoms with E-state index in [1.165, 1.54) is 35.2 Å². The Morgan fingerprint density at radius 1 is 0.829 bits per heavy atom. The fraction of sp³-hybridized carbons (Fsp3) is 0.310. The van der Waals surface area contributed by atoms with Crippen molar-refractivity contribution in [3.63, 3.8) is 0 Å². The van der Waals surface area contributed by atoms with E-state index in [-0.39, 0.29) is 50.6 Å². The second kappa shape index (κ2) is 14.6. The largest absolute Gasteiger partial charge is 0.352 e. The van der Waals surface area contributed by atoms with Crippen molar-refractivity contribution < 1.29 is 18.0 Å². The number of nitrogens with one attached hydrogen (secondary N) is 1. The van der Waals surface area contributed by atoms with E-state index in [1.807, 2.05) is 13.8 Å². The first-order valence-corrected chi connectivity index (χ1v) is 15.9. The van der Waals surface area contributed by atoms with Crippen molar-refractivity contribution in [1.29, 1.82) is 0 Å². The first-order valence-electron chi connectivity index (χ1n) is 13.0. The van der Waals surface area contributed by atoms with Gasteiger partial charge in [-0.05, 0) is 67.8 Å². The van der Waals surface area contributed by atoms with Gasteiger partial charge < -0.3 is 10.2 Å². The standard InChI is InChI=1S/C29H31Cl4N3O4S/c1-4-19(3)34-29(38)27(5-2)35(17-20-11-13-23(30)25(32)15-20)28(37)18-36(21-12-14-24(31)26(33)16-21)41(39,40)22-9-7-6-8-10-22/h6-16,19,27H,4-5,17-18H2,1-3H3,(H,34,38)/t19-,27+/m0/s1. The van der Waals surface area contributed by atoms with Gasteiger partial charge in [0.1, 0.15) is 12.6 Å². The Morgan fingerprint density at radius 2 is 1.44 bits per heavy atom. The maximum Gasteiger partial charge on any atom is 0.264 e. The number of carbonyl (C=O) groups is 2. The van der Waals surface area contributed by atoms with Crippen molar-refractivity contribution in [3.8, 4) is 0 Å². The Kier molecular flexibility index (Phi) is 11.8. The summed E-state index contributed by atoms with van der Waals surface area (Å²) in [6.45, 7) is 4.97. The molecule has 0 spiro atoms. The van der Waals surface area contributed by atoms with Gasteiger partial charge in [-0.1, -0.05) is 84.5 Å². The summed E-state index contributed by atoms with van der Waals surface area (Å²) in [4.78, 5) is 28.8. The first kappa shape index (κ1) is 33.0. The third kappa shape index (κ3) is 8.30. The quantitative estimate of drug-likeness (QED) is 0.223. The van der Waals surface area contributed by atoms with Gasteiger partial charge in [0.25, 0.3) is 10.0 Å². The van der Waals surface area contributed by atoms with Crippen LogP contribution in [0.4, 0.5) is 5.69 Å². The Labute approximate surface area is 261 Å². The molecule has 220 valence electrons. The van der Waals surface area contributed by atoms with Gasteiger partial charge in [-0.15, -0.1) is 0 Å². The van der Waals surface area contributed by atoms with Crippen LogP contribution in [0.25, 0.3) is 0 Å². The van der Waals surface area contributed by atoms with E-state index in [1.54, 1.807) is 43.3 Å². The molecule has 0 unspecified atom stereocenters. The number of benzene rings is 3. The van der Waals surface area contributed by atoms with E-state index in [0.717, 1.165) is 4.31 Å². The summed E-state index contributed by atoms with van der Waals surface area (Å²) < 4.78 is 28.7. The summed E-state index contributed by atoms with van der Waals surface area (Å²) in [7, 11) is -4.23. The smallest absolute Gasteiger partial charge is 0.264 e. The summed E-state index contributed by atoms with van der Waals surface area (Å²) in [6.07, 6.45) is 0.983. The first-order chi connectivity index (χ1) is 19.4. The molecule has 7 nitrogen and oxygen atoms in total. The van der Waals surface area contributed by atoms with Crippen LogP contribution in [-0.2, 0) is 26.2 Å². The number of halogens is 4. The number of anilines is 1. The molecule has 0 aliphatic heterocycles. The highest BCUT2D eigenvalue weighted by Crippen LogP contribution is 2.31. The SMILES string of the molecule is CC[C@H](C(=O)N[C@@H](C)CC)N(Cc1ccc(Cl)c(Cl)c1)C(=O)CN(c1ccc(Cl)c(Cl)c1)S(=O)(=O)c1ccccc1. The van der Waals surface area contributed by atoms with Crippen LogP contribution in [0.5, 0.6) is 0 Å². The third-order valence-corrected chi connectivity index (χ3v) is 9.79. The molecule has 0 radical (unpaired) electrons. The lowest BCUT2D eigenvalue weighted by Gasteiger charge is -2.33. The molecule has 12 heteroatoms. The summed E-state index contributed by atoms with van der Waals surface area (Å²) in [6, 6.07) is 16.0. The predicted octanol–water partition coefficient (Wildman–Crippen LogP) is 7.22. The van der Waals surface area contributed by atoms with Crippen LogP contribution in [0.2, 0.25) is 20.1 Å². The van der Waals surface area contributed by atoms with Crippen molar-refractivity contribution >= 4 is 73.9 Å². The number of hydrogen-bond donors (Lipinski definition) is 1. The van der Waals surface area contributed by atoms with Gasteiger partial charge in [0.05, 0.1) is 30.7 Å². The summed E-state index contributed by atoms with van der Waals surface area (Å²) in [5, 5.41) is 3.92. The molecule has 0 aromatic heterocycles. The van der Waals surface area contributed by atoms with Crippen LogP contribution in [0, 0.1) is 0 Å². The maximum atomic E-state index is 14.1. The molecule has 2 atom stereocenters. The van der Waals surface area contributed by atoms with Gasteiger partial charge in [0.15, 0.2) is 0 Å². The average Bonchev–Trinajstić information content (AvgIpc) is 2.95. The van der Waals surface area contributed by atoms with E-state index in [4.69, 9.17) is 46.4 Å². The number of rotatable bonds is 12. The zero-order valence-corrected chi connectivity index (χ0v) is 26.6. The Hall–Kier alpha value is -2.49. The van der Waals surface area contributed by atoms with Crippen molar-refractivity contribution in [2.45, 2.75) is 57.1 Å². The van der Waals surface area contributed by atoms with Gasteiger partial charge in [-0.3, -0.25) is 13.9 Å². The number of sulfonamides is 1. The number of amides is 2. The zero-order valence-electron chi connectivity index (χ0n) is 22.8. The van der Waals surface area contributed by atoms with Crippen molar-refractivity contribution in [3.05, 3.63) is 92.4 Å². The molecule has 3 rings (SSSR count). The predicted molar refractivity (Wildman–Crippen MR) is 166 cm³/mol. The van der Waals surface area contributed by atoms with E-state index < -0.39 is 28.5 Å². The fourth-order valence-corrected chi connectivity index (χ4v) is 6.12. The highest BCUT2D eigenvalue weighted by atomic mass is 35.5. The molecule has 3 aromatic rings. The van der Waals surface area contributed by atoms with Gasteiger partial charge in [-0.25, -0.2) is 8.42 Å². The van der Waals surface area contributed by atoms with E-state index in [0.29, 0.717) is 17.0 Å². The van der Waals surface area contributed by atoms with E-state index in [2.05, 4.69) is 5.32 Å². The van der Waals surface area contributed by atoms with E-state index in [9.17, 15) is 18.0 Å². The van der Waals surface area contributed by atoms with Gasteiger partial charge in [0, 0.05) is 12.6 Å². The van der Waals surface area contributed by atoms with Crippen LogP contribution < -0.4 is 9.62 Å². The normalized spacial score (nSPS) is 12.9. The number of nitrogens with zero attached hydrogens (tertiary/aromatic N) is 2. The molecule has 41 heavy (non-hydrogen) atoms. The molecular weight excluding hydrogens is 628 g/mol. The average molecular weight is 659 g/mol. The molecular formula is C29H31Cl4N3O4S. The minimum Gasteiger partial charge on any atom is -0.352 e. The minimum atomic E-state index is -4.23. The summed E-state index contributed by atoms with van der Waals surface area (Å²) in [5.41, 5.74) is 0.762. The zero-order chi connectivity index (χ0) is 30.3. The van der Waals surface area contributed by atoms with Crippen molar-refractivity contribution in [2.24, 2.45) is 0 Å². The van der Waals surface area contributed by atoms with Crippen LogP contribution in [0.15, 0.2) is 71.6 Å². The molecule has 0 heterocycles. The van der Waals surface area contributed by atoms with Gasteiger partial charge in [-0.2, -0.15) is 0 Å². The van der Waals surface area contributed by atoms with Gasteiger partial charge >= 0.3 is 0 Å². The monoisotopic (exact) mass is 657 g/mol. The molecule has 0 saturated carbocycles. The van der Waals surface area contributed by atoms with Crippen LogP contribution in [-0.4, -0.2) is 43.8 Å². The molecule has 0 aliphatic rings. The summed E-state index contributed by atoms with van der Waals surface area (Å²) >= 11 is 24.7. The lowest BCUT2D eigenvalue weighted by atomic mass is 10.1. The van der Waals surface area contributed by atoms with Crippen LogP contribution in [0.1, 0.15) is 39.2 Å². The molecule has 2 amide bonds. The second-order valence-corrected chi connectivity index (χ2v) is 12.9. The highest BCUT2D eigenvalue weighted by Gasteiger charge is 2.34. The Balaban J connectivity index is 2.09. The van der Waals surface area contributed by atoms with Crippen LogP contribution in [0.3, 0.4) is 0 Å². The number of hydrogen-bond acceptors (Lipinski definition) is 4. The van der Waals surface area contributed by atoms with E-state index >= 15 is 0 Å². The third-order valence-electron chi connectivity index (χ3n) is 6.53. The highest BCUT2D eigenvalue weighted by molar-refractivity contribution is 7.92. The summed E-state index contributed by atoms with van der Waals surface area (Å²) in [5.74, 6) is -0.949. The molecule has 1 N–H and O–H groups in total. The molecule has 0 aliphatic carbocycles. The maximum absolute atomic E-state index is 14.1. The topological polar surface area (TPSA) is 86.8 Å². The van der Waals surface area contributed by atoms with Gasteiger partial charge in [0.2, 0.25) is 11.8 Å². The fourth-order valence-electron chi connectivity index (χ4n) is 4.08. The molecule has 0 bridgehead atoms. The van der Waals surface area contributed by atoms with Crippen molar-refractivity contribution in [2.75, 3.05) is 10.8 Å². The molecule has 3 aromatic carbocycles. The van der Waals surface area contributed by atoms with Crippen molar-refractivity contribution in [1.82, 2.24) is 10.2 Å². The Bertz CT molecular complexity index is 1490. The van der Waals surface area contributed by atoms with Crippen LogP contribution >= 0.6 is 46.4 Å². The lowest BCUT2D eigenvalue weighted by Crippen LogP contribution is -2.53. The molecule has 0 saturated heterocycles. The lowest BCUT2D eigenvalue weighted by molar-refractivity contribution is -0.140.